The molecule has 0 spiro atoms. The van der Waals surface area contributed by atoms with Gasteiger partial charge in [0.15, 0.2) is 10.8 Å². The zero-order valence-electron chi connectivity index (χ0n) is 9.35. The summed E-state index contributed by atoms with van der Waals surface area (Å²) in [6.07, 6.45) is 0.396. The second-order valence-electron chi connectivity index (χ2n) is 3.65. The van der Waals surface area contributed by atoms with E-state index in [4.69, 9.17) is 11.6 Å². The molecule has 0 saturated carbocycles. The van der Waals surface area contributed by atoms with E-state index in [2.05, 4.69) is 15.5 Å². The van der Waals surface area contributed by atoms with Crippen molar-refractivity contribution < 1.29 is 15.0 Å². The van der Waals surface area contributed by atoms with Crippen molar-refractivity contribution >= 4 is 17.5 Å². The van der Waals surface area contributed by atoms with E-state index < -0.39 is 11.4 Å². The molecular weight excluding hydrogens is 246 g/mol. The van der Waals surface area contributed by atoms with Gasteiger partial charge in [0.1, 0.15) is 0 Å². The summed E-state index contributed by atoms with van der Waals surface area (Å²) in [5, 5.41) is 28.2. The van der Waals surface area contributed by atoms with E-state index in [1.54, 1.807) is 6.92 Å². The summed E-state index contributed by atoms with van der Waals surface area (Å²) >= 11 is 5.55. The number of nitrogens with one attached hydrogen (secondary N) is 1. The van der Waals surface area contributed by atoms with Crippen LogP contribution in [-0.2, 0) is 0 Å². The highest BCUT2D eigenvalue weighted by Gasteiger charge is 2.29. The van der Waals surface area contributed by atoms with E-state index in [9.17, 15) is 15.0 Å². The maximum atomic E-state index is 11.8. The highest BCUT2D eigenvalue weighted by Crippen LogP contribution is 2.10. The number of halogens is 1. The average Bonchev–Trinajstić information content (AvgIpc) is 2.37. The molecule has 1 amide bonds. The van der Waals surface area contributed by atoms with Crippen molar-refractivity contribution in [3.05, 3.63) is 23.0 Å². The molecule has 0 radical (unpaired) electrons. The van der Waals surface area contributed by atoms with Crippen molar-refractivity contribution in [2.75, 3.05) is 13.2 Å². The van der Waals surface area contributed by atoms with Crippen LogP contribution in [0.5, 0.6) is 0 Å². The van der Waals surface area contributed by atoms with E-state index in [1.807, 2.05) is 0 Å². The predicted octanol–water partition coefficient (Wildman–Crippen LogP) is -0.00680. The maximum Gasteiger partial charge on any atom is 0.272 e. The molecular formula is C10H14ClN3O3. The van der Waals surface area contributed by atoms with Crippen molar-refractivity contribution in [2.24, 2.45) is 0 Å². The van der Waals surface area contributed by atoms with Gasteiger partial charge in [-0.3, -0.25) is 4.79 Å². The minimum atomic E-state index is -1.04. The largest absolute Gasteiger partial charge is 0.394 e. The summed E-state index contributed by atoms with van der Waals surface area (Å²) in [7, 11) is 0. The molecule has 0 bridgehead atoms. The summed E-state index contributed by atoms with van der Waals surface area (Å²) < 4.78 is 0. The zero-order valence-corrected chi connectivity index (χ0v) is 10.1. The van der Waals surface area contributed by atoms with Gasteiger partial charge < -0.3 is 15.5 Å². The lowest BCUT2D eigenvalue weighted by molar-refractivity contribution is 0.0648. The van der Waals surface area contributed by atoms with Gasteiger partial charge in [-0.05, 0) is 18.6 Å². The first-order valence-electron chi connectivity index (χ1n) is 5.10. The third-order valence-electron chi connectivity index (χ3n) is 2.53. The molecule has 1 aromatic rings. The Morgan fingerprint density at radius 2 is 2.06 bits per heavy atom. The Bertz CT molecular complexity index is 371. The smallest absolute Gasteiger partial charge is 0.272 e. The fourth-order valence-electron chi connectivity index (χ4n) is 1.18. The summed E-state index contributed by atoms with van der Waals surface area (Å²) in [6.45, 7) is 1.04. The second-order valence-corrected chi connectivity index (χ2v) is 4.03. The van der Waals surface area contributed by atoms with Crippen molar-refractivity contribution in [2.45, 2.75) is 18.9 Å². The first-order chi connectivity index (χ1) is 8.06. The summed E-state index contributed by atoms with van der Waals surface area (Å²) in [5.74, 6) is -0.515. The van der Waals surface area contributed by atoms with Crippen LogP contribution in [0.25, 0.3) is 0 Å². The Balaban J connectivity index is 2.81. The van der Waals surface area contributed by atoms with Crippen LogP contribution >= 0.6 is 11.6 Å². The highest BCUT2D eigenvalue weighted by molar-refractivity contribution is 6.29. The van der Waals surface area contributed by atoms with Crippen LogP contribution in [0.4, 0.5) is 0 Å². The third kappa shape index (κ3) is 3.36. The maximum absolute atomic E-state index is 11.8. The molecule has 7 heteroatoms. The van der Waals surface area contributed by atoms with E-state index in [-0.39, 0.29) is 24.1 Å². The highest BCUT2D eigenvalue weighted by atomic mass is 35.5. The first kappa shape index (κ1) is 13.8. The molecule has 0 saturated heterocycles. The number of aliphatic hydroxyl groups is 2. The van der Waals surface area contributed by atoms with E-state index in [0.717, 1.165) is 0 Å². The molecule has 0 aromatic carbocycles. The zero-order chi connectivity index (χ0) is 12.9. The molecule has 0 unspecified atom stereocenters. The lowest BCUT2D eigenvalue weighted by Crippen LogP contribution is -2.54. The minimum absolute atomic E-state index is 0.0779. The monoisotopic (exact) mass is 259 g/mol. The first-order valence-corrected chi connectivity index (χ1v) is 5.48. The van der Waals surface area contributed by atoms with Gasteiger partial charge in [0, 0.05) is 0 Å². The number of hydrogen-bond acceptors (Lipinski definition) is 5. The Morgan fingerprint density at radius 3 is 2.47 bits per heavy atom. The fraction of sp³-hybridized carbons (Fsp3) is 0.500. The predicted molar refractivity (Wildman–Crippen MR) is 61.7 cm³/mol. The molecule has 0 atom stereocenters. The summed E-state index contributed by atoms with van der Waals surface area (Å²) in [4.78, 5) is 11.8. The number of aliphatic hydroxyl groups excluding tert-OH is 2. The van der Waals surface area contributed by atoms with Crippen LogP contribution in [0.2, 0.25) is 5.15 Å². The van der Waals surface area contributed by atoms with Crippen molar-refractivity contribution in [3.8, 4) is 0 Å². The van der Waals surface area contributed by atoms with Gasteiger partial charge >= 0.3 is 0 Å². The van der Waals surface area contributed by atoms with Crippen LogP contribution in [0.3, 0.4) is 0 Å². The van der Waals surface area contributed by atoms with Crippen LogP contribution in [0.1, 0.15) is 23.8 Å². The average molecular weight is 260 g/mol. The molecule has 1 aromatic heterocycles. The van der Waals surface area contributed by atoms with Crippen LogP contribution in [0.15, 0.2) is 12.1 Å². The number of aromatic nitrogens is 2. The number of hydrogen-bond donors (Lipinski definition) is 3. The molecule has 0 fully saturated rings. The Kier molecular flexibility index (Phi) is 4.80. The van der Waals surface area contributed by atoms with E-state index in [0.29, 0.717) is 6.42 Å². The molecule has 1 rings (SSSR count). The number of rotatable bonds is 5. The van der Waals surface area contributed by atoms with Gasteiger partial charge in [-0.25, -0.2) is 0 Å². The van der Waals surface area contributed by atoms with Crippen LogP contribution in [-0.4, -0.2) is 45.1 Å². The van der Waals surface area contributed by atoms with Gasteiger partial charge in [-0.1, -0.05) is 18.5 Å². The molecule has 0 aliphatic heterocycles. The van der Waals surface area contributed by atoms with Gasteiger partial charge in [0.25, 0.3) is 5.91 Å². The Morgan fingerprint density at radius 1 is 1.41 bits per heavy atom. The van der Waals surface area contributed by atoms with Gasteiger partial charge in [-0.15, -0.1) is 10.2 Å². The Labute approximate surface area is 104 Å². The normalized spacial score (nSPS) is 11.3. The number of nitrogens with zero attached hydrogens (tertiary/aromatic N) is 2. The van der Waals surface area contributed by atoms with Crippen molar-refractivity contribution in [1.82, 2.24) is 15.5 Å². The standard InChI is InChI=1S/C10H14ClN3O3/c1-2-10(5-15,6-16)12-9(17)7-3-4-8(11)14-13-7/h3-4,15-16H,2,5-6H2,1H3,(H,12,17). The number of carbonyl (C=O) groups excluding carboxylic acids is 1. The lowest BCUT2D eigenvalue weighted by Gasteiger charge is -2.29. The lowest BCUT2D eigenvalue weighted by atomic mass is 9.98. The van der Waals surface area contributed by atoms with E-state index in [1.165, 1.54) is 12.1 Å². The summed E-state index contributed by atoms with van der Waals surface area (Å²) in [6, 6.07) is 2.86. The number of amides is 1. The fourth-order valence-corrected chi connectivity index (χ4v) is 1.28. The molecule has 3 N–H and O–H groups in total. The Hall–Kier alpha value is -1.24. The second kappa shape index (κ2) is 5.90. The summed E-state index contributed by atoms with van der Waals surface area (Å²) in [5.41, 5.74) is -0.965. The molecule has 17 heavy (non-hydrogen) atoms. The van der Waals surface area contributed by atoms with Gasteiger partial charge in [0.2, 0.25) is 0 Å². The molecule has 94 valence electrons. The number of carbonyl (C=O) groups is 1. The van der Waals surface area contributed by atoms with E-state index >= 15 is 0 Å². The molecule has 6 nitrogen and oxygen atoms in total. The van der Waals surface area contributed by atoms with Gasteiger partial charge in [0.05, 0.1) is 18.8 Å². The minimum Gasteiger partial charge on any atom is -0.394 e. The van der Waals surface area contributed by atoms with Crippen LogP contribution in [0, 0.1) is 0 Å². The van der Waals surface area contributed by atoms with Crippen LogP contribution < -0.4 is 5.32 Å². The topological polar surface area (TPSA) is 95.3 Å². The molecule has 1 heterocycles. The molecule has 0 aliphatic carbocycles. The quantitative estimate of drug-likeness (QED) is 0.691. The third-order valence-corrected chi connectivity index (χ3v) is 2.73. The van der Waals surface area contributed by atoms with Gasteiger partial charge in [-0.2, -0.15) is 0 Å². The van der Waals surface area contributed by atoms with Crippen molar-refractivity contribution in [1.29, 1.82) is 0 Å². The SMILES string of the molecule is CCC(CO)(CO)NC(=O)c1ccc(Cl)nn1. The van der Waals surface area contributed by atoms with Crippen molar-refractivity contribution in [3.63, 3.8) is 0 Å². The molecule has 0 aliphatic rings.